The van der Waals surface area contributed by atoms with Crippen LogP contribution in [0.4, 0.5) is 0 Å². The van der Waals surface area contributed by atoms with Gasteiger partial charge in [0.15, 0.2) is 0 Å². The predicted molar refractivity (Wildman–Crippen MR) is 76.2 cm³/mol. The normalized spacial score (nSPS) is 22.8. The smallest absolute Gasteiger partial charge is 0.307 e. The van der Waals surface area contributed by atoms with E-state index in [1.807, 2.05) is 38.1 Å². The molecule has 3 unspecified atom stereocenters. The van der Waals surface area contributed by atoms with E-state index < -0.39 is 11.9 Å². The number of benzene rings is 1. The molecule has 1 N–H and O–H groups in total. The van der Waals surface area contributed by atoms with Gasteiger partial charge in [-0.05, 0) is 32.3 Å². The summed E-state index contributed by atoms with van der Waals surface area (Å²) >= 11 is 0. The van der Waals surface area contributed by atoms with Crippen LogP contribution in [0.15, 0.2) is 24.3 Å². The first-order valence-corrected chi connectivity index (χ1v) is 6.98. The molecule has 0 heterocycles. The fraction of sp³-hybridized carbons (Fsp3) is 0.500. The molecule has 4 heteroatoms. The van der Waals surface area contributed by atoms with Crippen molar-refractivity contribution in [2.45, 2.75) is 32.7 Å². The van der Waals surface area contributed by atoms with Gasteiger partial charge in [0.05, 0.1) is 17.9 Å². The highest BCUT2D eigenvalue weighted by Gasteiger charge is 2.43. The first-order chi connectivity index (χ1) is 9.41. The topological polar surface area (TPSA) is 57.6 Å². The number of carbonyl (C=O) groups excluding carboxylic acids is 1. The summed E-state index contributed by atoms with van der Waals surface area (Å²) in [5.41, 5.74) is 2.25. The van der Waals surface area contributed by atoms with E-state index in [0.29, 0.717) is 12.8 Å². The highest BCUT2D eigenvalue weighted by Crippen LogP contribution is 2.37. The maximum atomic E-state index is 12.4. The lowest BCUT2D eigenvalue weighted by atomic mass is 9.72. The average molecular weight is 275 g/mol. The molecule has 3 atom stereocenters. The van der Waals surface area contributed by atoms with E-state index in [1.54, 1.807) is 11.9 Å². The number of carbonyl (C=O) groups is 2. The summed E-state index contributed by atoms with van der Waals surface area (Å²) in [6.07, 6.45) is 1.29. The second-order valence-corrected chi connectivity index (χ2v) is 5.66. The molecule has 1 aliphatic carbocycles. The fourth-order valence-corrected chi connectivity index (χ4v) is 2.61. The second kappa shape index (κ2) is 5.65. The van der Waals surface area contributed by atoms with Crippen molar-refractivity contribution in [1.29, 1.82) is 0 Å². The summed E-state index contributed by atoms with van der Waals surface area (Å²) in [7, 11) is 1.75. The Bertz CT molecular complexity index is 509. The molecule has 0 radical (unpaired) electrons. The molecule has 108 valence electrons. The van der Waals surface area contributed by atoms with Crippen molar-refractivity contribution < 1.29 is 14.7 Å². The zero-order valence-electron chi connectivity index (χ0n) is 12.2. The van der Waals surface area contributed by atoms with Gasteiger partial charge in [0, 0.05) is 7.05 Å². The minimum Gasteiger partial charge on any atom is -0.481 e. The first-order valence-electron chi connectivity index (χ1n) is 6.98. The number of amides is 1. The standard InChI is InChI=1S/C16H21NO3/c1-10-4-6-12(7-5-10)11(2)17(3)15(18)13-8-9-14(13)16(19)20/h4-7,11,13-14H,8-9H2,1-3H3,(H,19,20). The monoisotopic (exact) mass is 275 g/mol. The minimum atomic E-state index is -0.856. The third-order valence-corrected chi connectivity index (χ3v) is 4.40. The highest BCUT2D eigenvalue weighted by molar-refractivity contribution is 5.86. The van der Waals surface area contributed by atoms with Gasteiger partial charge in [0.1, 0.15) is 0 Å². The molecule has 1 amide bonds. The van der Waals surface area contributed by atoms with Crippen LogP contribution in [0.2, 0.25) is 0 Å². The number of aliphatic carboxylic acids is 1. The number of hydrogen-bond donors (Lipinski definition) is 1. The number of carboxylic acids is 1. The number of rotatable bonds is 4. The molecular formula is C16H21NO3. The zero-order valence-corrected chi connectivity index (χ0v) is 12.2. The van der Waals surface area contributed by atoms with Crippen LogP contribution in [0.25, 0.3) is 0 Å². The van der Waals surface area contributed by atoms with Gasteiger partial charge in [-0.2, -0.15) is 0 Å². The minimum absolute atomic E-state index is 0.0434. The molecule has 1 fully saturated rings. The lowest BCUT2D eigenvalue weighted by molar-refractivity contribution is -0.156. The summed E-state index contributed by atoms with van der Waals surface area (Å²) in [6, 6.07) is 8.03. The van der Waals surface area contributed by atoms with E-state index in [4.69, 9.17) is 5.11 Å². The van der Waals surface area contributed by atoms with Crippen LogP contribution in [0.1, 0.15) is 36.9 Å². The van der Waals surface area contributed by atoms with Gasteiger partial charge in [0.2, 0.25) is 5.91 Å². The lowest BCUT2D eigenvalue weighted by Crippen LogP contribution is -2.45. The van der Waals surface area contributed by atoms with Crippen LogP contribution in [-0.2, 0) is 9.59 Å². The van der Waals surface area contributed by atoms with Gasteiger partial charge in [-0.3, -0.25) is 9.59 Å². The molecule has 1 aromatic carbocycles. The van der Waals surface area contributed by atoms with Crippen LogP contribution < -0.4 is 0 Å². The Kier molecular flexibility index (Phi) is 4.12. The molecular weight excluding hydrogens is 254 g/mol. The molecule has 0 spiro atoms. The van der Waals surface area contributed by atoms with E-state index >= 15 is 0 Å². The number of nitrogens with zero attached hydrogens (tertiary/aromatic N) is 1. The SMILES string of the molecule is Cc1ccc(C(C)N(C)C(=O)C2CCC2C(=O)O)cc1. The van der Waals surface area contributed by atoms with Crippen molar-refractivity contribution in [2.75, 3.05) is 7.05 Å². The molecule has 0 aliphatic heterocycles. The summed E-state index contributed by atoms with van der Waals surface area (Å²) in [5, 5.41) is 9.05. The van der Waals surface area contributed by atoms with Gasteiger partial charge in [-0.15, -0.1) is 0 Å². The Morgan fingerprint density at radius 2 is 1.75 bits per heavy atom. The Balaban J connectivity index is 2.06. The Labute approximate surface area is 119 Å². The Morgan fingerprint density at radius 1 is 1.20 bits per heavy atom. The summed E-state index contributed by atoms with van der Waals surface area (Å²) < 4.78 is 0. The molecule has 0 aromatic heterocycles. The quantitative estimate of drug-likeness (QED) is 0.919. The Morgan fingerprint density at radius 3 is 2.20 bits per heavy atom. The van der Waals surface area contributed by atoms with Crippen LogP contribution in [0.3, 0.4) is 0 Å². The van der Waals surface area contributed by atoms with Crippen LogP contribution in [0.5, 0.6) is 0 Å². The number of aryl methyl sites for hydroxylation is 1. The van der Waals surface area contributed by atoms with Crippen molar-refractivity contribution in [3.05, 3.63) is 35.4 Å². The van der Waals surface area contributed by atoms with E-state index in [9.17, 15) is 9.59 Å². The summed E-state index contributed by atoms with van der Waals surface area (Å²) in [6.45, 7) is 3.99. The molecule has 1 aliphatic rings. The molecule has 0 bridgehead atoms. The van der Waals surface area contributed by atoms with E-state index in [0.717, 1.165) is 5.56 Å². The molecule has 1 aromatic rings. The van der Waals surface area contributed by atoms with Crippen LogP contribution in [0, 0.1) is 18.8 Å². The fourth-order valence-electron chi connectivity index (χ4n) is 2.61. The zero-order chi connectivity index (χ0) is 14.9. The van der Waals surface area contributed by atoms with Gasteiger partial charge in [0.25, 0.3) is 0 Å². The maximum absolute atomic E-state index is 12.4. The number of hydrogen-bond acceptors (Lipinski definition) is 2. The molecule has 2 rings (SSSR count). The van der Waals surface area contributed by atoms with Gasteiger partial charge in [-0.25, -0.2) is 0 Å². The maximum Gasteiger partial charge on any atom is 0.307 e. The molecule has 20 heavy (non-hydrogen) atoms. The number of carboxylic acid groups (broad SMARTS) is 1. The van der Waals surface area contributed by atoms with Gasteiger partial charge in [-0.1, -0.05) is 29.8 Å². The van der Waals surface area contributed by atoms with E-state index in [1.165, 1.54) is 5.56 Å². The first kappa shape index (κ1) is 14.6. The van der Waals surface area contributed by atoms with Crippen molar-refractivity contribution in [1.82, 2.24) is 4.90 Å². The van der Waals surface area contributed by atoms with E-state index in [2.05, 4.69) is 0 Å². The lowest BCUT2D eigenvalue weighted by Gasteiger charge is -2.37. The molecule has 4 nitrogen and oxygen atoms in total. The Hall–Kier alpha value is -1.84. The third-order valence-electron chi connectivity index (χ3n) is 4.40. The van der Waals surface area contributed by atoms with Crippen molar-refractivity contribution in [2.24, 2.45) is 11.8 Å². The highest BCUT2D eigenvalue weighted by atomic mass is 16.4. The van der Waals surface area contributed by atoms with Crippen LogP contribution in [-0.4, -0.2) is 28.9 Å². The predicted octanol–water partition coefficient (Wildman–Crippen LogP) is 2.63. The van der Waals surface area contributed by atoms with Crippen LogP contribution >= 0.6 is 0 Å². The summed E-state index contributed by atoms with van der Waals surface area (Å²) in [4.78, 5) is 25.1. The van der Waals surface area contributed by atoms with Crippen molar-refractivity contribution in [3.8, 4) is 0 Å². The average Bonchev–Trinajstić information content (AvgIpc) is 2.35. The molecule has 1 saturated carbocycles. The van der Waals surface area contributed by atoms with Gasteiger partial charge < -0.3 is 10.0 Å². The van der Waals surface area contributed by atoms with Crippen molar-refractivity contribution >= 4 is 11.9 Å². The largest absolute Gasteiger partial charge is 0.481 e. The third kappa shape index (κ3) is 2.69. The van der Waals surface area contributed by atoms with Gasteiger partial charge >= 0.3 is 5.97 Å². The van der Waals surface area contributed by atoms with E-state index in [-0.39, 0.29) is 17.9 Å². The molecule has 0 saturated heterocycles. The van der Waals surface area contributed by atoms with Crippen molar-refractivity contribution in [3.63, 3.8) is 0 Å². The second-order valence-electron chi connectivity index (χ2n) is 5.66. The summed E-state index contributed by atoms with van der Waals surface area (Å²) in [5.74, 6) is -1.77.